The SMILES string of the molecule is C=c1/c(=C(/C)c2c(C)c(C)c(C)c(C)c2C)c2c(C)c(C)c(C)c(C)c2n1C.II. The molecule has 2 aromatic carbocycles. The van der Waals surface area contributed by atoms with Crippen LogP contribution in [0.15, 0.2) is 0 Å². The molecule has 0 atom stereocenters. The maximum Gasteiger partial charge on any atom is 0.0523 e. The molecule has 0 amide bonds. The third-order valence-electron chi connectivity index (χ3n) is 7.68. The fourth-order valence-electron chi connectivity index (χ4n) is 5.06. The summed E-state index contributed by atoms with van der Waals surface area (Å²) in [7, 11) is 2.16. The monoisotopic (exact) mass is 627 g/mol. The van der Waals surface area contributed by atoms with Crippen molar-refractivity contribution in [3.05, 3.63) is 66.2 Å². The number of nitrogens with zero attached hydrogens (tertiary/aromatic N) is 1. The van der Waals surface area contributed by atoms with Crippen LogP contribution in [0, 0.1) is 62.3 Å². The van der Waals surface area contributed by atoms with Crippen LogP contribution < -0.4 is 10.6 Å². The lowest BCUT2D eigenvalue weighted by molar-refractivity contribution is 0.921. The van der Waals surface area contributed by atoms with Gasteiger partial charge in [0, 0.05) is 60.2 Å². The van der Waals surface area contributed by atoms with E-state index in [1.165, 1.54) is 77.3 Å². The van der Waals surface area contributed by atoms with Crippen LogP contribution in [0.1, 0.15) is 62.6 Å². The Balaban J connectivity index is 0.00000155. The van der Waals surface area contributed by atoms with Crippen LogP contribution >= 0.6 is 37.2 Å². The first-order chi connectivity index (χ1) is 13.9. The van der Waals surface area contributed by atoms with Gasteiger partial charge in [0.15, 0.2) is 0 Å². The van der Waals surface area contributed by atoms with Crippen molar-refractivity contribution in [1.82, 2.24) is 4.57 Å². The maximum absolute atomic E-state index is 4.51. The molecule has 30 heavy (non-hydrogen) atoms. The van der Waals surface area contributed by atoms with Gasteiger partial charge in [-0.1, -0.05) is 6.58 Å². The molecule has 0 spiro atoms. The number of aromatic nitrogens is 1. The molecule has 162 valence electrons. The molecular formula is C27H35I2N. The highest BCUT2D eigenvalue weighted by Crippen LogP contribution is 2.31. The van der Waals surface area contributed by atoms with Gasteiger partial charge in [0.25, 0.3) is 0 Å². The second-order valence-corrected chi connectivity index (χ2v) is 8.73. The first-order valence-corrected chi connectivity index (χ1v) is 16.7. The molecule has 0 bridgehead atoms. The van der Waals surface area contributed by atoms with Gasteiger partial charge in [-0.2, -0.15) is 0 Å². The van der Waals surface area contributed by atoms with Gasteiger partial charge in [0.2, 0.25) is 0 Å². The molecule has 3 rings (SSSR count). The second-order valence-electron chi connectivity index (χ2n) is 8.73. The van der Waals surface area contributed by atoms with Crippen molar-refractivity contribution in [2.45, 2.75) is 69.2 Å². The Kier molecular flexibility index (Phi) is 7.93. The van der Waals surface area contributed by atoms with Crippen LogP contribution in [-0.2, 0) is 7.05 Å². The van der Waals surface area contributed by atoms with Crippen molar-refractivity contribution >= 4 is 60.3 Å². The second kappa shape index (κ2) is 9.35. The van der Waals surface area contributed by atoms with Crippen LogP contribution in [0.2, 0.25) is 0 Å². The molecule has 0 unspecified atom stereocenters. The number of hydrogen-bond donors (Lipinski definition) is 0. The summed E-state index contributed by atoms with van der Waals surface area (Å²) in [4.78, 5) is 0. The summed E-state index contributed by atoms with van der Waals surface area (Å²) < 4.78 is 2.29. The zero-order valence-electron chi connectivity index (χ0n) is 20.4. The first kappa shape index (κ1) is 25.4. The molecule has 0 radical (unpaired) electrons. The molecule has 0 aliphatic heterocycles. The van der Waals surface area contributed by atoms with Gasteiger partial charge in [-0.3, -0.25) is 0 Å². The summed E-state index contributed by atoms with van der Waals surface area (Å²) in [6.07, 6.45) is 0. The van der Waals surface area contributed by atoms with Crippen molar-refractivity contribution < 1.29 is 0 Å². The minimum Gasteiger partial charge on any atom is -0.344 e. The summed E-state index contributed by atoms with van der Waals surface area (Å²) in [6.45, 7) is 27.1. The molecule has 1 heterocycles. The summed E-state index contributed by atoms with van der Waals surface area (Å²) in [6, 6.07) is 0. The van der Waals surface area contributed by atoms with Gasteiger partial charge in [0.1, 0.15) is 0 Å². The molecule has 0 N–H and O–H groups in total. The van der Waals surface area contributed by atoms with Crippen molar-refractivity contribution in [2.75, 3.05) is 0 Å². The Morgan fingerprint density at radius 2 is 1.00 bits per heavy atom. The van der Waals surface area contributed by atoms with E-state index in [-0.39, 0.29) is 0 Å². The minimum absolute atomic E-state index is 1.11. The topological polar surface area (TPSA) is 4.93 Å². The Bertz CT molecular complexity index is 1240. The molecule has 0 saturated heterocycles. The van der Waals surface area contributed by atoms with Crippen LogP contribution in [0.4, 0.5) is 0 Å². The minimum atomic E-state index is 1.11. The normalized spacial score (nSPS) is 12.2. The molecule has 1 nitrogen and oxygen atoms in total. The van der Waals surface area contributed by atoms with Gasteiger partial charge in [0.05, 0.1) is 5.52 Å². The molecule has 0 aliphatic carbocycles. The van der Waals surface area contributed by atoms with E-state index >= 15 is 0 Å². The molecule has 0 fully saturated rings. The highest BCUT2D eigenvalue weighted by atomic mass is 128. The van der Waals surface area contributed by atoms with Crippen LogP contribution in [-0.4, -0.2) is 4.57 Å². The lowest BCUT2D eigenvalue weighted by atomic mass is 9.85. The fraction of sp³-hybridized carbons (Fsp3) is 0.407. The summed E-state index contributed by atoms with van der Waals surface area (Å²) in [5, 5.41) is 3.80. The van der Waals surface area contributed by atoms with E-state index in [4.69, 9.17) is 0 Å². The third kappa shape index (κ3) is 3.68. The van der Waals surface area contributed by atoms with Crippen molar-refractivity contribution in [3.8, 4) is 0 Å². The Hall–Kier alpha value is -0.820. The first-order valence-electron chi connectivity index (χ1n) is 10.4. The van der Waals surface area contributed by atoms with E-state index in [0.717, 1.165) is 5.35 Å². The largest absolute Gasteiger partial charge is 0.344 e. The van der Waals surface area contributed by atoms with E-state index < -0.39 is 0 Å². The number of hydrogen-bond acceptors (Lipinski definition) is 0. The van der Waals surface area contributed by atoms with E-state index in [2.05, 4.69) is 125 Å². The highest BCUT2D eigenvalue weighted by Gasteiger charge is 2.19. The lowest BCUT2D eigenvalue weighted by Gasteiger charge is -2.19. The molecule has 0 saturated carbocycles. The summed E-state index contributed by atoms with van der Waals surface area (Å²) in [5.74, 6) is 0. The van der Waals surface area contributed by atoms with Crippen LogP contribution in [0.5, 0.6) is 0 Å². The number of fused-ring (bicyclic) bond motifs is 1. The van der Waals surface area contributed by atoms with Gasteiger partial charge >= 0.3 is 0 Å². The van der Waals surface area contributed by atoms with Crippen molar-refractivity contribution in [1.29, 1.82) is 0 Å². The summed E-state index contributed by atoms with van der Waals surface area (Å²) in [5.41, 5.74) is 16.6. The van der Waals surface area contributed by atoms with E-state index in [9.17, 15) is 0 Å². The van der Waals surface area contributed by atoms with E-state index in [0.29, 0.717) is 0 Å². The third-order valence-corrected chi connectivity index (χ3v) is 7.68. The fourth-order valence-corrected chi connectivity index (χ4v) is 5.06. The molecule has 1 aromatic heterocycles. The molecular weight excluding hydrogens is 592 g/mol. The Morgan fingerprint density at radius 1 is 0.633 bits per heavy atom. The quantitative estimate of drug-likeness (QED) is 0.249. The predicted molar refractivity (Wildman–Crippen MR) is 153 cm³/mol. The Labute approximate surface area is 206 Å². The van der Waals surface area contributed by atoms with Gasteiger partial charge in [-0.15, -0.1) is 0 Å². The Morgan fingerprint density at radius 3 is 1.47 bits per heavy atom. The predicted octanol–water partition coefficient (Wildman–Crippen LogP) is 7.35. The number of halogens is 2. The smallest absolute Gasteiger partial charge is 0.0523 e. The number of aryl methyl sites for hydroxylation is 3. The van der Waals surface area contributed by atoms with E-state index in [1.54, 1.807) is 0 Å². The average Bonchev–Trinajstić information content (AvgIpc) is 3.00. The molecule has 3 aromatic rings. The van der Waals surface area contributed by atoms with Gasteiger partial charge in [-0.25, -0.2) is 0 Å². The number of rotatable bonds is 1. The van der Waals surface area contributed by atoms with Crippen LogP contribution in [0.3, 0.4) is 0 Å². The van der Waals surface area contributed by atoms with Gasteiger partial charge < -0.3 is 4.57 Å². The van der Waals surface area contributed by atoms with Crippen molar-refractivity contribution in [3.63, 3.8) is 0 Å². The molecule has 3 heteroatoms. The molecule has 0 aliphatic rings. The zero-order chi connectivity index (χ0) is 23.2. The number of benzene rings is 2. The zero-order valence-corrected chi connectivity index (χ0v) is 24.7. The van der Waals surface area contributed by atoms with Crippen LogP contribution in [0.25, 0.3) is 23.1 Å². The highest BCUT2D eigenvalue weighted by molar-refractivity contribution is 15.0. The van der Waals surface area contributed by atoms with E-state index in [1.807, 2.05) is 0 Å². The maximum atomic E-state index is 4.51. The standard InChI is InChI=1S/C27H35N.I2/c1-13-14(2)18(6)24(19(7)15(13)3)22(10)25-23(11)28(12)27-21(9)17(5)16(4)20(8)26(25)27;1-2/h11H2,1-10,12H3;/b25-22+;. The lowest BCUT2D eigenvalue weighted by Crippen LogP contribution is -2.28. The average molecular weight is 627 g/mol. The van der Waals surface area contributed by atoms with Gasteiger partial charge in [-0.05, 0) is 130 Å². The summed E-state index contributed by atoms with van der Waals surface area (Å²) >= 11 is 4.24. The van der Waals surface area contributed by atoms with Crippen molar-refractivity contribution in [2.24, 2.45) is 7.05 Å².